The van der Waals surface area contributed by atoms with Gasteiger partial charge in [0.15, 0.2) is 11.4 Å². The first-order chi connectivity index (χ1) is 23.4. The van der Waals surface area contributed by atoms with Crippen LogP contribution >= 0.6 is 0 Å². The van der Waals surface area contributed by atoms with Crippen LogP contribution in [0, 0.1) is 25.2 Å². The summed E-state index contributed by atoms with van der Waals surface area (Å²) in [7, 11) is 0. The number of anilines is 2. The SMILES string of the molecule is Cc1c(Nc2nccc3cc(CN[C@H](C)CO)cnc23)cccc1-c1cccc(-c2nc3cc(CN4CCCC4)cc(C#N)c3o2)c1C. The highest BCUT2D eigenvalue weighted by atomic mass is 16.3. The van der Waals surface area contributed by atoms with Crippen LogP contribution in [-0.4, -0.2) is 50.7 Å². The monoisotopic (exact) mass is 637 g/mol. The number of nitriles is 1. The summed E-state index contributed by atoms with van der Waals surface area (Å²) < 4.78 is 6.30. The number of aromatic nitrogens is 3. The van der Waals surface area contributed by atoms with E-state index in [1.54, 1.807) is 6.20 Å². The van der Waals surface area contributed by atoms with Gasteiger partial charge in [0.25, 0.3) is 0 Å². The summed E-state index contributed by atoms with van der Waals surface area (Å²) in [4.78, 5) is 16.7. The van der Waals surface area contributed by atoms with E-state index in [-0.39, 0.29) is 12.6 Å². The van der Waals surface area contributed by atoms with Gasteiger partial charge in [-0.3, -0.25) is 9.88 Å². The second kappa shape index (κ2) is 13.5. The summed E-state index contributed by atoms with van der Waals surface area (Å²) >= 11 is 0. The molecule has 0 aliphatic carbocycles. The van der Waals surface area contributed by atoms with Crippen LogP contribution in [0.15, 0.2) is 77.5 Å². The number of aliphatic hydroxyl groups excluding tert-OH is 1. The van der Waals surface area contributed by atoms with Crippen molar-refractivity contribution in [3.8, 4) is 28.7 Å². The Morgan fingerprint density at radius 2 is 1.73 bits per heavy atom. The third-order valence-electron chi connectivity index (χ3n) is 9.30. The number of pyridine rings is 2. The molecule has 1 aliphatic heterocycles. The molecule has 1 atom stereocenters. The molecule has 242 valence electrons. The van der Waals surface area contributed by atoms with Crippen LogP contribution in [-0.2, 0) is 13.1 Å². The van der Waals surface area contributed by atoms with E-state index in [2.05, 4.69) is 70.8 Å². The van der Waals surface area contributed by atoms with Crippen LogP contribution in [0.1, 0.15) is 47.6 Å². The fourth-order valence-electron chi connectivity index (χ4n) is 6.58. The molecule has 1 saturated heterocycles. The Balaban J connectivity index is 1.19. The maximum Gasteiger partial charge on any atom is 0.227 e. The smallest absolute Gasteiger partial charge is 0.227 e. The topological polar surface area (TPSA) is 123 Å². The van der Waals surface area contributed by atoms with Crippen LogP contribution in [0.25, 0.3) is 44.6 Å². The van der Waals surface area contributed by atoms with Crippen molar-refractivity contribution in [2.45, 2.75) is 52.7 Å². The number of hydrogen-bond acceptors (Lipinski definition) is 9. The highest BCUT2D eigenvalue weighted by Crippen LogP contribution is 2.37. The molecule has 0 spiro atoms. The maximum atomic E-state index is 9.95. The van der Waals surface area contributed by atoms with Gasteiger partial charge in [0.05, 0.1) is 12.2 Å². The lowest BCUT2D eigenvalue weighted by Crippen LogP contribution is -2.28. The Morgan fingerprint density at radius 1 is 0.958 bits per heavy atom. The Morgan fingerprint density at radius 3 is 2.52 bits per heavy atom. The number of fused-ring (bicyclic) bond motifs is 2. The van der Waals surface area contributed by atoms with Crippen molar-refractivity contribution in [1.29, 1.82) is 5.26 Å². The predicted octanol–water partition coefficient (Wildman–Crippen LogP) is 7.40. The molecule has 1 aliphatic rings. The normalized spacial score (nSPS) is 14.1. The molecular formula is C39H39N7O2. The van der Waals surface area contributed by atoms with E-state index in [1.807, 2.05) is 43.5 Å². The van der Waals surface area contributed by atoms with Gasteiger partial charge in [0.2, 0.25) is 5.89 Å². The summed E-state index contributed by atoms with van der Waals surface area (Å²) in [5.74, 6) is 1.20. The van der Waals surface area contributed by atoms with E-state index in [0.29, 0.717) is 34.9 Å². The first-order valence-electron chi connectivity index (χ1n) is 16.5. The number of hydrogen-bond donors (Lipinski definition) is 3. The van der Waals surface area contributed by atoms with Crippen molar-refractivity contribution in [2.24, 2.45) is 0 Å². The molecule has 1 fully saturated rings. The van der Waals surface area contributed by atoms with Crippen LogP contribution in [0.3, 0.4) is 0 Å². The number of rotatable bonds is 10. The molecule has 3 N–H and O–H groups in total. The molecule has 7 rings (SSSR count). The molecular weight excluding hydrogens is 598 g/mol. The van der Waals surface area contributed by atoms with E-state index >= 15 is 0 Å². The van der Waals surface area contributed by atoms with Crippen molar-refractivity contribution in [2.75, 3.05) is 25.0 Å². The van der Waals surface area contributed by atoms with E-state index in [1.165, 1.54) is 12.8 Å². The summed E-state index contributed by atoms with van der Waals surface area (Å²) in [6.45, 7) is 9.85. The summed E-state index contributed by atoms with van der Waals surface area (Å²) in [5.41, 5.74) is 10.8. The zero-order valence-corrected chi connectivity index (χ0v) is 27.5. The number of nitrogens with one attached hydrogen (secondary N) is 2. The quantitative estimate of drug-likeness (QED) is 0.141. The van der Waals surface area contributed by atoms with Crippen LogP contribution in [0.2, 0.25) is 0 Å². The van der Waals surface area contributed by atoms with Gasteiger partial charge in [-0.25, -0.2) is 9.97 Å². The van der Waals surface area contributed by atoms with E-state index < -0.39 is 0 Å². The Kier molecular flexibility index (Phi) is 8.87. The second-order valence-corrected chi connectivity index (χ2v) is 12.7. The van der Waals surface area contributed by atoms with E-state index in [0.717, 1.165) is 75.2 Å². The highest BCUT2D eigenvalue weighted by molar-refractivity contribution is 5.91. The molecule has 3 aromatic heterocycles. The number of likely N-dealkylation sites (tertiary alicyclic amines) is 1. The molecule has 9 nitrogen and oxygen atoms in total. The minimum absolute atomic E-state index is 0.0130. The highest BCUT2D eigenvalue weighted by Gasteiger charge is 2.20. The van der Waals surface area contributed by atoms with Gasteiger partial charge in [0, 0.05) is 48.2 Å². The lowest BCUT2D eigenvalue weighted by molar-refractivity contribution is 0.251. The van der Waals surface area contributed by atoms with E-state index in [4.69, 9.17) is 14.4 Å². The number of oxazole rings is 1. The van der Waals surface area contributed by atoms with Crippen molar-refractivity contribution in [1.82, 2.24) is 25.2 Å². The zero-order chi connectivity index (χ0) is 33.2. The fourth-order valence-corrected chi connectivity index (χ4v) is 6.58. The first-order valence-corrected chi connectivity index (χ1v) is 16.5. The minimum atomic E-state index is 0.0130. The van der Waals surface area contributed by atoms with Gasteiger partial charge in [0.1, 0.15) is 17.1 Å². The number of nitrogens with zero attached hydrogens (tertiary/aromatic N) is 5. The average Bonchev–Trinajstić information content (AvgIpc) is 3.78. The summed E-state index contributed by atoms with van der Waals surface area (Å²) in [5, 5.41) is 27.1. The van der Waals surface area contributed by atoms with Gasteiger partial charge >= 0.3 is 0 Å². The largest absolute Gasteiger partial charge is 0.435 e. The van der Waals surface area contributed by atoms with Gasteiger partial charge in [-0.15, -0.1) is 0 Å². The van der Waals surface area contributed by atoms with Crippen LogP contribution in [0.5, 0.6) is 0 Å². The first kappa shape index (κ1) is 31.5. The fraction of sp³-hybridized carbons (Fsp3) is 0.282. The molecule has 3 aromatic carbocycles. The van der Waals surface area contributed by atoms with Gasteiger partial charge < -0.3 is 20.2 Å². The average molecular weight is 638 g/mol. The Hall–Kier alpha value is -5.14. The van der Waals surface area contributed by atoms with Gasteiger partial charge in [-0.2, -0.15) is 5.26 Å². The number of benzene rings is 3. The van der Waals surface area contributed by atoms with E-state index in [9.17, 15) is 10.4 Å². The standard InChI is InChI=1S/C39H39N7O2/c1-24(23-47)42-20-28-17-29-12-13-41-38(36(29)43-21-28)44-34-11-7-9-32(26(34)3)31-8-6-10-33(25(31)2)39-45-35-18-27(22-46-14-4-5-15-46)16-30(19-40)37(35)48-39/h6-13,16-18,21,24,42,47H,4-5,14-15,20,22-23H2,1-3H3,(H,41,44)/t24-/m1/s1. The lowest BCUT2D eigenvalue weighted by Gasteiger charge is -2.16. The van der Waals surface area contributed by atoms with Gasteiger partial charge in [-0.1, -0.05) is 24.3 Å². The summed E-state index contributed by atoms with van der Waals surface area (Å²) in [6, 6.07) is 22.8. The molecule has 0 amide bonds. The predicted molar refractivity (Wildman–Crippen MR) is 190 cm³/mol. The molecule has 6 aromatic rings. The molecule has 0 saturated carbocycles. The Bertz CT molecular complexity index is 2160. The lowest BCUT2D eigenvalue weighted by atomic mass is 9.93. The molecule has 0 radical (unpaired) electrons. The zero-order valence-electron chi connectivity index (χ0n) is 27.5. The van der Waals surface area contributed by atoms with Crippen molar-refractivity contribution >= 4 is 33.5 Å². The second-order valence-electron chi connectivity index (χ2n) is 12.7. The molecule has 48 heavy (non-hydrogen) atoms. The maximum absolute atomic E-state index is 9.95. The molecule has 0 bridgehead atoms. The minimum Gasteiger partial charge on any atom is -0.435 e. The molecule has 4 heterocycles. The molecule has 0 unspecified atom stereocenters. The van der Waals surface area contributed by atoms with Crippen LogP contribution in [0.4, 0.5) is 11.5 Å². The van der Waals surface area contributed by atoms with Gasteiger partial charge in [-0.05, 0) is 116 Å². The third kappa shape index (κ3) is 6.26. The Labute approximate surface area is 280 Å². The van der Waals surface area contributed by atoms with Crippen molar-refractivity contribution < 1.29 is 9.52 Å². The third-order valence-corrected chi connectivity index (χ3v) is 9.30. The van der Waals surface area contributed by atoms with Crippen LogP contribution < -0.4 is 10.6 Å². The molecule has 9 heteroatoms. The van der Waals surface area contributed by atoms with Crippen molar-refractivity contribution in [3.63, 3.8) is 0 Å². The number of aliphatic hydroxyl groups is 1. The summed E-state index contributed by atoms with van der Waals surface area (Å²) in [6.07, 6.45) is 6.08. The van der Waals surface area contributed by atoms with Crippen molar-refractivity contribution in [3.05, 3.63) is 101 Å².